The predicted octanol–water partition coefficient (Wildman–Crippen LogP) is 6.26. The van der Waals surface area contributed by atoms with Crippen molar-refractivity contribution in [3.8, 4) is 5.75 Å². The minimum Gasteiger partial charge on any atom is -0.481 e. The third kappa shape index (κ3) is 6.90. The van der Waals surface area contributed by atoms with Gasteiger partial charge in [0.05, 0.1) is 15.2 Å². The van der Waals surface area contributed by atoms with Crippen molar-refractivity contribution in [2.75, 3.05) is 11.9 Å². The number of rotatable bonds is 7. The van der Waals surface area contributed by atoms with Crippen LogP contribution >= 0.6 is 43.5 Å². The first-order valence-corrected chi connectivity index (χ1v) is 11.8. The van der Waals surface area contributed by atoms with Gasteiger partial charge >= 0.3 is 0 Å². The maximum atomic E-state index is 12.3. The van der Waals surface area contributed by atoms with E-state index in [0.29, 0.717) is 30.8 Å². The van der Waals surface area contributed by atoms with Crippen molar-refractivity contribution in [2.45, 2.75) is 13.8 Å². The molecule has 33 heavy (non-hydrogen) atoms. The Labute approximate surface area is 213 Å². The monoisotopic (exact) mass is 591 g/mol. The zero-order valence-corrected chi connectivity index (χ0v) is 21.7. The largest absolute Gasteiger partial charge is 0.481 e. The summed E-state index contributed by atoms with van der Waals surface area (Å²) in [5, 5.41) is 7.40. The molecule has 0 radical (unpaired) electrons. The van der Waals surface area contributed by atoms with E-state index in [1.807, 2.05) is 32.0 Å². The van der Waals surface area contributed by atoms with Gasteiger partial charge in [-0.1, -0.05) is 23.7 Å². The molecule has 0 heterocycles. The minimum absolute atomic E-state index is 0.158. The van der Waals surface area contributed by atoms with Crippen LogP contribution in [0.2, 0.25) is 5.02 Å². The number of ether oxygens (including phenoxy) is 1. The quantitative estimate of drug-likeness (QED) is 0.251. The Hall–Kier alpha value is -2.68. The lowest BCUT2D eigenvalue weighted by Gasteiger charge is -2.13. The molecule has 0 aliphatic heterocycles. The van der Waals surface area contributed by atoms with Crippen LogP contribution < -0.4 is 15.5 Å². The molecule has 9 heteroatoms. The number of hydrogen-bond donors (Lipinski definition) is 2. The molecular weight excluding hydrogens is 574 g/mol. The van der Waals surface area contributed by atoms with E-state index in [2.05, 4.69) is 47.7 Å². The second-order valence-corrected chi connectivity index (χ2v) is 9.25. The van der Waals surface area contributed by atoms with Gasteiger partial charge in [0, 0.05) is 16.3 Å². The zero-order valence-electron chi connectivity index (χ0n) is 17.8. The highest BCUT2D eigenvalue weighted by Crippen LogP contribution is 2.34. The van der Waals surface area contributed by atoms with Gasteiger partial charge in [-0.25, -0.2) is 5.43 Å². The number of amides is 2. The van der Waals surface area contributed by atoms with Crippen molar-refractivity contribution in [2.24, 2.45) is 5.10 Å². The first-order valence-electron chi connectivity index (χ1n) is 9.81. The van der Waals surface area contributed by atoms with Gasteiger partial charge in [-0.15, -0.1) is 0 Å². The summed E-state index contributed by atoms with van der Waals surface area (Å²) < 4.78 is 6.96. The number of halogens is 3. The Morgan fingerprint density at radius 1 is 1.06 bits per heavy atom. The van der Waals surface area contributed by atoms with Crippen LogP contribution in [0.25, 0.3) is 0 Å². The van der Waals surface area contributed by atoms with Gasteiger partial charge in [0.1, 0.15) is 5.75 Å². The molecule has 2 N–H and O–H groups in total. The molecule has 0 aliphatic rings. The van der Waals surface area contributed by atoms with Crippen molar-refractivity contribution in [1.29, 1.82) is 0 Å². The predicted molar refractivity (Wildman–Crippen MR) is 138 cm³/mol. The van der Waals surface area contributed by atoms with Gasteiger partial charge in [-0.3, -0.25) is 9.59 Å². The Balaban J connectivity index is 1.59. The first-order chi connectivity index (χ1) is 15.7. The third-order valence-electron chi connectivity index (χ3n) is 4.73. The summed E-state index contributed by atoms with van der Waals surface area (Å²) in [4.78, 5) is 24.5. The fraction of sp³-hybridized carbons (Fsp3) is 0.125. The van der Waals surface area contributed by atoms with E-state index >= 15 is 0 Å². The fourth-order valence-electron chi connectivity index (χ4n) is 2.83. The molecule has 2 amide bonds. The molecule has 0 aliphatic carbocycles. The highest BCUT2D eigenvalue weighted by molar-refractivity contribution is 9.11. The first kappa shape index (κ1) is 25.0. The van der Waals surface area contributed by atoms with Crippen LogP contribution in [0.1, 0.15) is 27.0 Å². The number of hydrogen-bond acceptors (Lipinski definition) is 4. The molecule has 170 valence electrons. The molecule has 0 spiro atoms. The van der Waals surface area contributed by atoms with Crippen LogP contribution in [0, 0.1) is 13.8 Å². The highest BCUT2D eigenvalue weighted by atomic mass is 79.9. The molecule has 0 unspecified atom stereocenters. The smallest absolute Gasteiger partial charge is 0.271 e. The summed E-state index contributed by atoms with van der Waals surface area (Å²) >= 11 is 12.7. The lowest BCUT2D eigenvalue weighted by molar-refractivity contribution is -0.118. The van der Waals surface area contributed by atoms with E-state index in [-0.39, 0.29) is 18.4 Å². The maximum absolute atomic E-state index is 12.3. The van der Waals surface area contributed by atoms with Gasteiger partial charge in [-0.05, 0) is 105 Å². The van der Waals surface area contributed by atoms with E-state index < -0.39 is 0 Å². The number of carbonyl (C=O) groups excluding carboxylic acids is 2. The topological polar surface area (TPSA) is 79.8 Å². The average Bonchev–Trinajstić information content (AvgIpc) is 2.77. The molecule has 3 rings (SSSR count). The summed E-state index contributed by atoms with van der Waals surface area (Å²) in [7, 11) is 0. The second kappa shape index (κ2) is 11.4. The van der Waals surface area contributed by atoms with Gasteiger partial charge < -0.3 is 10.1 Å². The normalized spacial score (nSPS) is 10.8. The summed E-state index contributed by atoms with van der Waals surface area (Å²) in [6.45, 7) is 3.79. The van der Waals surface area contributed by atoms with Gasteiger partial charge in [-0.2, -0.15) is 5.10 Å². The van der Waals surface area contributed by atoms with Crippen molar-refractivity contribution in [1.82, 2.24) is 5.43 Å². The number of anilines is 1. The Morgan fingerprint density at radius 2 is 1.73 bits per heavy atom. The van der Waals surface area contributed by atoms with E-state index in [1.54, 1.807) is 36.4 Å². The Kier molecular flexibility index (Phi) is 8.66. The summed E-state index contributed by atoms with van der Waals surface area (Å²) in [5.74, 6) is -0.137. The fourth-order valence-corrected chi connectivity index (χ4v) is 4.41. The van der Waals surface area contributed by atoms with Crippen LogP contribution in [-0.4, -0.2) is 24.6 Å². The van der Waals surface area contributed by atoms with Gasteiger partial charge in [0.25, 0.3) is 11.8 Å². The Morgan fingerprint density at radius 3 is 2.39 bits per heavy atom. The minimum atomic E-state index is -0.351. The van der Waals surface area contributed by atoms with Crippen molar-refractivity contribution < 1.29 is 14.3 Å². The lowest BCUT2D eigenvalue weighted by atomic mass is 10.1. The molecule has 3 aromatic carbocycles. The van der Waals surface area contributed by atoms with Crippen LogP contribution in [-0.2, 0) is 4.79 Å². The number of benzene rings is 3. The molecule has 0 bridgehead atoms. The van der Waals surface area contributed by atoms with E-state index in [4.69, 9.17) is 16.3 Å². The lowest BCUT2D eigenvalue weighted by Crippen LogP contribution is -2.21. The number of nitrogens with zero attached hydrogens (tertiary/aromatic N) is 1. The highest BCUT2D eigenvalue weighted by Gasteiger charge is 2.12. The molecule has 0 aromatic heterocycles. The third-order valence-corrected chi connectivity index (χ3v) is 6.16. The molecule has 0 atom stereocenters. The van der Waals surface area contributed by atoms with Crippen molar-refractivity contribution in [3.63, 3.8) is 0 Å². The van der Waals surface area contributed by atoms with E-state index in [0.717, 1.165) is 16.8 Å². The van der Waals surface area contributed by atoms with Crippen LogP contribution in [0.3, 0.4) is 0 Å². The maximum Gasteiger partial charge on any atom is 0.271 e. The molecule has 0 fully saturated rings. The van der Waals surface area contributed by atoms with Crippen molar-refractivity contribution >= 4 is 67.2 Å². The number of aryl methyl sites for hydroxylation is 1. The number of carbonyl (C=O) groups is 2. The molecule has 6 nitrogen and oxygen atoms in total. The van der Waals surface area contributed by atoms with Gasteiger partial charge in [0.2, 0.25) is 0 Å². The Bertz CT molecular complexity index is 1190. The van der Waals surface area contributed by atoms with Gasteiger partial charge in [0.15, 0.2) is 6.61 Å². The zero-order chi connectivity index (χ0) is 24.0. The summed E-state index contributed by atoms with van der Waals surface area (Å²) in [6.07, 6.45) is 1.50. The summed E-state index contributed by atoms with van der Waals surface area (Å²) in [5.41, 5.74) is 6.49. The SMILES string of the molecule is Cc1cccc(NC(=O)COc2c(Br)cc(/C=N/NC(=O)c3ccc(Cl)cc3)cc2Br)c1C. The van der Waals surface area contributed by atoms with E-state index in [9.17, 15) is 9.59 Å². The summed E-state index contributed by atoms with van der Waals surface area (Å²) in [6, 6.07) is 15.8. The standard InChI is InChI=1S/C24H20Br2ClN3O3/c1-14-4-3-5-21(15(14)2)29-22(31)13-33-23-19(25)10-16(11-20(23)26)12-28-30-24(32)17-6-8-18(27)9-7-17/h3-12H,13H2,1-2H3,(H,29,31)(H,30,32)/b28-12+. The molecule has 0 saturated heterocycles. The second-order valence-electron chi connectivity index (χ2n) is 7.10. The molecule has 0 saturated carbocycles. The molecule has 3 aromatic rings. The number of nitrogens with one attached hydrogen (secondary N) is 2. The van der Waals surface area contributed by atoms with Crippen LogP contribution in [0.5, 0.6) is 5.75 Å². The van der Waals surface area contributed by atoms with Crippen LogP contribution in [0.4, 0.5) is 5.69 Å². The average molecular weight is 594 g/mol. The van der Waals surface area contributed by atoms with Crippen molar-refractivity contribution in [3.05, 3.63) is 90.8 Å². The number of hydrazone groups is 1. The van der Waals surface area contributed by atoms with Crippen LogP contribution in [0.15, 0.2) is 68.6 Å². The van der Waals surface area contributed by atoms with E-state index in [1.165, 1.54) is 6.21 Å². The molecular formula is C24H20Br2ClN3O3.